The highest BCUT2D eigenvalue weighted by Crippen LogP contribution is 2.38. The summed E-state index contributed by atoms with van der Waals surface area (Å²) in [7, 11) is 1.80. The van der Waals surface area contributed by atoms with Gasteiger partial charge in [-0.3, -0.25) is 4.40 Å². The van der Waals surface area contributed by atoms with Crippen LogP contribution in [-0.2, 0) is 4.74 Å². The van der Waals surface area contributed by atoms with Gasteiger partial charge in [0.2, 0.25) is 0 Å². The Bertz CT molecular complexity index is 1470. The molecule has 5 aromatic rings. The van der Waals surface area contributed by atoms with Crippen LogP contribution in [0.5, 0.6) is 0 Å². The molecule has 0 atom stereocenters. The highest BCUT2D eigenvalue weighted by Gasteiger charge is 2.27. The molecule has 1 aliphatic rings. The predicted molar refractivity (Wildman–Crippen MR) is 136 cm³/mol. The van der Waals surface area contributed by atoms with Crippen LogP contribution in [0.2, 0.25) is 0 Å². The maximum Gasteiger partial charge on any atom is 0.150 e. The van der Waals surface area contributed by atoms with Crippen LogP contribution in [0.4, 0.5) is 5.82 Å². The first-order valence-corrected chi connectivity index (χ1v) is 11.8. The van der Waals surface area contributed by atoms with Gasteiger partial charge in [0.05, 0.1) is 17.3 Å². The number of hydrogen-bond acceptors (Lipinski definition) is 5. The normalized spacial score (nSPS) is 18.5. The van der Waals surface area contributed by atoms with Gasteiger partial charge in [-0.1, -0.05) is 48.5 Å². The van der Waals surface area contributed by atoms with Crippen molar-refractivity contribution in [3.8, 4) is 22.5 Å². The van der Waals surface area contributed by atoms with Gasteiger partial charge in [-0.2, -0.15) is 0 Å². The lowest BCUT2D eigenvalue weighted by Gasteiger charge is -2.26. The molecule has 0 amide bonds. The zero-order chi connectivity index (χ0) is 23.1. The standard InChI is InChI=1S/C28H27N5O/c1-34-22-12-9-20(10-13-22)28-32-25(26-27(29)30-15-16-33(26)28)21-8-7-19-11-14-23(31-24(19)17-21)18-5-3-2-4-6-18/h2-8,11,14-17,20,22H,9-10,12-13H2,1H3,(H2,29,30)/t20-,22-. The molecule has 3 aromatic heterocycles. The first-order valence-electron chi connectivity index (χ1n) is 11.8. The van der Waals surface area contributed by atoms with Gasteiger partial charge in [0.25, 0.3) is 0 Å². The average molecular weight is 450 g/mol. The van der Waals surface area contributed by atoms with Crippen molar-refractivity contribution < 1.29 is 4.74 Å². The number of hydrogen-bond donors (Lipinski definition) is 1. The van der Waals surface area contributed by atoms with Crippen molar-refractivity contribution in [3.05, 3.63) is 78.9 Å². The summed E-state index contributed by atoms with van der Waals surface area (Å²) in [4.78, 5) is 14.5. The Balaban J connectivity index is 1.46. The van der Waals surface area contributed by atoms with E-state index in [-0.39, 0.29) is 0 Å². The predicted octanol–water partition coefficient (Wildman–Crippen LogP) is 5.87. The van der Waals surface area contributed by atoms with E-state index in [9.17, 15) is 0 Å². The number of nitrogens with zero attached hydrogens (tertiary/aromatic N) is 4. The van der Waals surface area contributed by atoms with Gasteiger partial charge in [-0.15, -0.1) is 0 Å². The molecule has 6 nitrogen and oxygen atoms in total. The number of ether oxygens (including phenoxy) is 1. The summed E-state index contributed by atoms with van der Waals surface area (Å²) in [6.45, 7) is 0. The fraction of sp³-hybridized carbons (Fsp3) is 0.250. The maximum atomic E-state index is 6.39. The molecule has 0 spiro atoms. The summed E-state index contributed by atoms with van der Waals surface area (Å²) in [5.41, 5.74) is 12.1. The summed E-state index contributed by atoms with van der Waals surface area (Å²) < 4.78 is 7.71. The molecule has 1 aliphatic carbocycles. The average Bonchev–Trinajstić information content (AvgIpc) is 3.30. The van der Waals surface area contributed by atoms with Gasteiger partial charge in [0.15, 0.2) is 0 Å². The molecule has 0 saturated heterocycles. The minimum Gasteiger partial charge on any atom is -0.382 e. The topological polar surface area (TPSA) is 78.3 Å². The van der Waals surface area contributed by atoms with Crippen molar-refractivity contribution in [2.45, 2.75) is 37.7 Å². The second-order valence-corrected chi connectivity index (χ2v) is 9.03. The van der Waals surface area contributed by atoms with Crippen LogP contribution in [0.25, 0.3) is 38.9 Å². The van der Waals surface area contributed by atoms with Crippen LogP contribution in [-0.4, -0.2) is 32.6 Å². The monoisotopic (exact) mass is 449 g/mol. The number of rotatable bonds is 4. The Labute approximate surface area is 198 Å². The number of nitrogens with two attached hydrogens (primary N) is 1. The smallest absolute Gasteiger partial charge is 0.150 e. The van der Waals surface area contributed by atoms with E-state index in [1.807, 2.05) is 24.4 Å². The number of benzene rings is 2. The summed E-state index contributed by atoms with van der Waals surface area (Å²) in [5, 5.41) is 1.09. The van der Waals surface area contributed by atoms with Gasteiger partial charge >= 0.3 is 0 Å². The largest absolute Gasteiger partial charge is 0.382 e. The fourth-order valence-corrected chi connectivity index (χ4v) is 5.17. The number of pyridine rings is 1. The fourth-order valence-electron chi connectivity index (χ4n) is 5.17. The molecule has 2 N–H and O–H groups in total. The van der Waals surface area contributed by atoms with Crippen molar-refractivity contribution in [2.75, 3.05) is 12.8 Å². The van der Waals surface area contributed by atoms with Crippen LogP contribution >= 0.6 is 0 Å². The van der Waals surface area contributed by atoms with E-state index >= 15 is 0 Å². The molecule has 0 aliphatic heterocycles. The molecule has 0 radical (unpaired) electrons. The highest BCUT2D eigenvalue weighted by atomic mass is 16.5. The lowest BCUT2D eigenvalue weighted by Crippen LogP contribution is -2.20. The molecule has 3 heterocycles. The molecule has 6 rings (SSSR count). The van der Waals surface area contributed by atoms with Gasteiger partial charge in [0, 0.05) is 41.9 Å². The second-order valence-electron chi connectivity index (χ2n) is 9.03. The summed E-state index contributed by atoms with van der Waals surface area (Å²) in [5.74, 6) is 1.92. The van der Waals surface area contributed by atoms with E-state index in [4.69, 9.17) is 20.4 Å². The number of imidazole rings is 1. The highest BCUT2D eigenvalue weighted by molar-refractivity contribution is 5.91. The van der Waals surface area contributed by atoms with Crippen LogP contribution in [0, 0.1) is 0 Å². The Morgan fingerprint density at radius 3 is 2.50 bits per heavy atom. The van der Waals surface area contributed by atoms with E-state index < -0.39 is 0 Å². The molecule has 1 saturated carbocycles. The van der Waals surface area contributed by atoms with Crippen molar-refractivity contribution in [1.29, 1.82) is 0 Å². The van der Waals surface area contributed by atoms with Crippen molar-refractivity contribution in [3.63, 3.8) is 0 Å². The second kappa shape index (κ2) is 8.54. The van der Waals surface area contributed by atoms with Gasteiger partial charge in [0.1, 0.15) is 22.9 Å². The van der Waals surface area contributed by atoms with Gasteiger partial charge < -0.3 is 10.5 Å². The van der Waals surface area contributed by atoms with E-state index in [0.29, 0.717) is 17.8 Å². The molecule has 0 unspecified atom stereocenters. The number of fused-ring (bicyclic) bond motifs is 2. The van der Waals surface area contributed by atoms with Gasteiger partial charge in [-0.05, 0) is 37.8 Å². The number of anilines is 1. The van der Waals surface area contributed by atoms with Crippen LogP contribution < -0.4 is 5.73 Å². The summed E-state index contributed by atoms with van der Waals surface area (Å²) >= 11 is 0. The molecular weight excluding hydrogens is 422 g/mol. The molecule has 170 valence electrons. The first kappa shape index (κ1) is 20.8. The zero-order valence-electron chi connectivity index (χ0n) is 19.2. The third-order valence-electron chi connectivity index (χ3n) is 7.02. The molecule has 6 heteroatoms. The minimum absolute atomic E-state index is 0.346. The third-order valence-corrected chi connectivity index (χ3v) is 7.02. The molecule has 2 aromatic carbocycles. The van der Waals surface area contributed by atoms with Crippen LogP contribution in [0.3, 0.4) is 0 Å². The van der Waals surface area contributed by atoms with Crippen LogP contribution in [0.1, 0.15) is 37.4 Å². The van der Waals surface area contributed by atoms with E-state index in [1.165, 1.54) is 0 Å². The Hall–Kier alpha value is -3.77. The molecule has 34 heavy (non-hydrogen) atoms. The van der Waals surface area contributed by atoms with Crippen molar-refractivity contribution >= 4 is 22.2 Å². The minimum atomic E-state index is 0.346. The number of aromatic nitrogens is 4. The number of methoxy groups -OCH3 is 1. The third kappa shape index (κ3) is 3.60. The van der Waals surface area contributed by atoms with Crippen LogP contribution in [0.15, 0.2) is 73.1 Å². The Morgan fingerprint density at radius 1 is 0.912 bits per heavy atom. The van der Waals surface area contributed by atoms with E-state index in [0.717, 1.165) is 70.4 Å². The molecule has 0 bridgehead atoms. The van der Waals surface area contributed by atoms with Crippen molar-refractivity contribution in [2.24, 2.45) is 0 Å². The molecular formula is C28H27N5O. The van der Waals surface area contributed by atoms with Crippen molar-refractivity contribution in [1.82, 2.24) is 19.4 Å². The summed E-state index contributed by atoms with van der Waals surface area (Å²) in [6, 6.07) is 20.8. The van der Waals surface area contributed by atoms with E-state index in [2.05, 4.69) is 51.8 Å². The van der Waals surface area contributed by atoms with Gasteiger partial charge in [-0.25, -0.2) is 15.0 Å². The lowest BCUT2D eigenvalue weighted by molar-refractivity contribution is 0.0650. The Morgan fingerprint density at radius 2 is 1.71 bits per heavy atom. The first-order chi connectivity index (χ1) is 16.7. The quantitative estimate of drug-likeness (QED) is 0.371. The SMILES string of the molecule is CO[C@H]1CC[C@H](c2nc(-c3ccc4ccc(-c5ccccc5)nc4c3)c3c(N)nccn32)CC1. The molecule has 1 fully saturated rings. The Kier molecular flexibility index (Phi) is 5.23. The summed E-state index contributed by atoms with van der Waals surface area (Å²) in [6.07, 6.45) is 8.29. The zero-order valence-corrected chi connectivity index (χ0v) is 19.2. The number of nitrogen functional groups attached to an aromatic ring is 1. The lowest BCUT2D eigenvalue weighted by atomic mass is 9.87. The maximum absolute atomic E-state index is 6.39. The van der Waals surface area contributed by atoms with E-state index in [1.54, 1.807) is 13.3 Å².